The van der Waals surface area contributed by atoms with Crippen LogP contribution >= 0.6 is 11.8 Å². The van der Waals surface area contributed by atoms with Gasteiger partial charge in [-0.05, 0) is 36.2 Å². The molecule has 1 amide bonds. The Morgan fingerprint density at radius 3 is 2.70 bits per heavy atom. The Hall–Kier alpha value is -1.94. The summed E-state index contributed by atoms with van der Waals surface area (Å²) in [5.41, 5.74) is 3.30. The number of carbonyl (C=O) groups excluding carboxylic acids is 1. The molecule has 0 aliphatic carbocycles. The van der Waals surface area contributed by atoms with Crippen LogP contribution in [0.1, 0.15) is 19.4 Å². The second kappa shape index (κ2) is 7.09. The van der Waals surface area contributed by atoms with Gasteiger partial charge in [-0.25, -0.2) is 0 Å². The van der Waals surface area contributed by atoms with E-state index in [2.05, 4.69) is 54.4 Å². The summed E-state index contributed by atoms with van der Waals surface area (Å²) >= 11 is 1.88. The van der Waals surface area contributed by atoms with Gasteiger partial charge in [0.25, 0.3) is 0 Å². The molecule has 0 fully saturated rings. The summed E-state index contributed by atoms with van der Waals surface area (Å²) in [6.45, 7) is 5.61. The minimum absolute atomic E-state index is 0.0307. The van der Waals surface area contributed by atoms with Crippen molar-refractivity contribution >= 4 is 29.0 Å². The van der Waals surface area contributed by atoms with Crippen LogP contribution in [0.15, 0.2) is 53.4 Å². The molecule has 2 aromatic rings. The number of anilines is 2. The highest BCUT2D eigenvalue weighted by atomic mass is 32.2. The Morgan fingerprint density at radius 2 is 1.96 bits per heavy atom. The van der Waals surface area contributed by atoms with Crippen molar-refractivity contribution in [3.63, 3.8) is 0 Å². The number of benzene rings is 2. The van der Waals surface area contributed by atoms with Gasteiger partial charge in [0.05, 0.1) is 12.2 Å². The minimum atomic E-state index is 0.0307. The number of rotatable bonds is 4. The van der Waals surface area contributed by atoms with E-state index in [0.29, 0.717) is 11.8 Å². The number of nitrogens with zero attached hydrogens (tertiary/aromatic N) is 1. The van der Waals surface area contributed by atoms with Gasteiger partial charge in [-0.2, -0.15) is 0 Å². The van der Waals surface area contributed by atoms with Gasteiger partial charge in [0.15, 0.2) is 0 Å². The molecule has 3 rings (SSSR count). The second-order valence-electron chi connectivity index (χ2n) is 5.88. The molecular formula is C19H22N2OS. The first-order valence-corrected chi connectivity index (χ1v) is 8.93. The van der Waals surface area contributed by atoms with E-state index in [1.54, 1.807) is 0 Å². The van der Waals surface area contributed by atoms with Crippen LogP contribution in [-0.4, -0.2) is 24.2 Å². The number of hydrogen-bond donors (Lipinski definition) is 1. The Morgan fingerprint density at radius 1 is 1.22 bits per heavy atom. The van der Waals surface area contributed by atoms with E-state index in [0.717, 1.165) is 24.3 Å². The fourth-order valence-electron chi connectivity index (χ4n) is 2.83. The summed E-state index contributed by atoms with van der Waals surface area (Å²) in [5, 5.41) is 3.49. The lowest BCUT2D eigenvalue weighted by atomic mass is 10.1. The van der Waals surface area contributed by atoms with E-state index in [4.69, 9.17) is 0 Å². The van der Waals surface area contributed by atoms with Crippen LogP contribution in [0.5, 0.6) is 0 Å². The highest BCUT2D eigenvalue weighted by Gasteiger charge is 2.23. The van der Waals surface area contributed by atoms with Crippen molar-refractivity contribution in [2.45, 2.75) is 30.4 Å². The number of hydrogen-bond acceptors (Lipinski definition) is 3. The third-order valence-corrected chi connectivity index (χ3v) is 5.14. The van der Waals surface area contributed by atoms with Gasteiger partial charge in [-0.3, -0.25) is 4.79 Å². The van der Waals surface area contributed by atoms with Crippen molar-refractivity contribution < 1.29 is 4.79 Å². The van der Waals surface area contributed by atoms with Crippen LogP contribution in [0.4, 0.5) is 11.4 Å². The van der Waals surface area contributed by atoms with Crippen LogP contribution in [0.3, 0.4) is 0 Å². The molecule has 3 nitrogen and oxygen atoms in total. The third kappa shape index (κ3) is 3.88. The summed E-state index contributed by atoms with van der Waals surface area (Å²) in [6, 6.07) is 16.4. The molecule has 4 heteroatoms. The van der Waals surface area contributed by atoms with Crippen molar-refractivity contribution in [3.05, 3.63) is 54.1 Å². The van der Waals surface area contributed by atoms with E-state index < -0.39 is 0 Å². The van der Waals surface area contributed by atoms with Gasteiger partial charge in [0.1, 0.15) is 0 Å². The maximum Gasteiger partial charge on any atom is 0.243 e. The molecule has 0 radical (unpaired) electrons. The van der Waals surface area contributed by atoms with E-state index in [1.165, 1.54) is 10.5 Å². The van der Waals surface area contributed by atoms with E-state index in [-0.39, 0.29) is 5.91 Å². The Balaban J connectivity index is 1.67. The number of thioether (sulfide) groups is 1. The van der Waals surface area contributed by atoms with E-state index in [9.17, 15) is 4.79 Å². The van der Waals surface area contributed by atoms with Gasteiger partial charge < -0.3 is 10.2 Å². The zero-order chi connectivity index (χ0) is 16.2. The molecule has 1 heterocycles. The number of carbonyl (C=O) groups is 1. The maximum absolute atomic E-state index is 12.4. The lowest BCUT2D eigenvalue weighted by Crippen LogP contribution is -2.39. The molecule has 120 valence electrons. The highest BCUT2D eigenvalue weighted by molar-refractivity contribution is 8.00. The molecule has 2 aromatic carbocycles. The molecule has 23 heavy (non-hydrogen) atoms. The fraction of sp³-hybridized carbons (Fsp3) is 0.316. The Kier molecular flexibility index (Phi) is 4.91. The SMILES string of the molecule is CCc1ccc(NC(=O)CN2C[C@@H](C)Sc3ccccc32)cc1. The molecule has 1 atom stereocenters. The monoisotopic (exact) mass is 326 g/mol. The highest BCUT2D eigenvalue weighted by Crippen LogP contribution is 2.37. The Labute approximate surface area is 142 Å². The normalized spacial score (nSPS) is 16.8. The average molecular weight is 326 g/mol. The predicted molar refractivity (Wildman–Crippen MR) is 98.4 cm³/mol. The molecule has 0 spiro atoms. The zero-order valence-corrected chi connectivity index (χ0v) is 14.4. The molecule has 0 aromatic heterocycles. The van der Waals surface area contributed by atoms with Gasteiger partial charge in [-0.1, -0.05) is 38.1 Å². The van der Waals surface area contributed by atoms with E-state index in [1.807, 2.05) is 30.0 Å². The third-order valence-electron chi connectivity index (χ3n) is 3.99. The first-order chi connectivity index (χ1) is 11.2. The average Bonchev–Trinajstić information content (AvgIpc) is 2.55. The molecule has 0 bridgehead atoms. The van der Waals surface area contributed by atoms with Crippen LogP contribution in [0.2, 0.25) is 0 Å². The molecule has 1 aliphatic rings. The second-order valence-corrected chi connectivity index (χ2v) is 7.36. The molecule has 1 N–H and O–H groups in total. The van der Waals surface area contributed by atoms with Gasteiger partial charge in [0.2, 0.25) is 5.91 Å². The van der Waals surface area contributed by atoms with E-state index >= 15 is 0 Å². The standard InChI is InChI=1S/C19H22N2OS/c1-3-15-8-10-16(11-9-15)20-19(22)13-21-12-14(2)23-18-7-5-4-6-17(18)21/h4-11,14H,3,12-13H2,1-2H3,(H,20,22)/t14-/m1/s1. The zero-order valence-electron chi connectivity index (χ0n) is 13.6. The number of para-hydroxylation sites is 1. The quantitative estimate of drug-likeness (QED) is 0.914. The van der Waals surface area contributed by atoms with Crippen molar-refractivity contribution in [2.24, 2.45) is 0 Å². The van der Waals surface area contributed by atoms with Crippen molar-refractivity contribution in [2.75, 3.05) is 23.3 Å². The molecular weight excluding hydrogens is 304 g/mol. The fourth-order valence-corrected chi connectivity index (χ4v) is 3.99. The number of fused-ring (bicyclic) bond motifs is 1. The van der Waals surface area contributed by atoms with Crippen molar-refractivity contribution in [1.29, 1.82) is 0 Å². The summed E-state index contributed by atoms with van der Waals surface area (Å²) in [5.74, 6) is 0.0307. The summed E-state index contributed by atoms with van der Waals surface area (Å²) in [6.07, 6.45) is 1.01. The lowest BCUT2D eigenvalue weighted by molar-refractivity contribution is -0.115. The van der Waals surface area contributed by atoms with Gasteiger partial charge >= 0.3 is 0 Å². The smallest absolute Gasteiger partial charge is 0.243 e. The lowest BCUT2D eigenvalue weighted by Gasteiger charge is -2.33. The minimum Gasteiger partial charge on any atom is -0.360 e. The number of amides is 1. The van der Waals surface area contributed by atoms with Crippen molar-refractivity contribution in [1.82, 2.24) is 0 Å². The Bertz CT molecular complexity index is 684. The largest absolute Gasteiger partial charge is 0.360 e. The van der Waals surface area contributed by atoms with Gasteiger partial charge in [0, 0.05) is 22.4 Å². The maximum atomic E-state index is 12.4. The molecule has 0 unspecified atom stereocenters. The topological polar surface area (TPSA) is 32.3 Å². The molecule has 1 aliphatic heterocycles. The summed E-state index contributed by atoms with van der Waals surface area (Å²) in [7, 11) is 0. The number of aryl methyl sites for hydroxylation is 1. The van der Waals surface area contributed by atoms with Crippen LogP contribution in [0.25, 0.3) is 0 Å². The van der Waals surface area contributed by atoms with Crippen LogP contribution < -0.4 is 10.2 Å². The summed E-state index contributed by atoms with van der Waals surface area (Å²) < 4.78 is 0. The van der Waals surface area contributed by atoms with Crippen LogP contribution in [0, 0.1) is 0 Å². The van der Waals surface area contributed by atoms with Crippen molar-refractivity contribution in [3.8, 4) is 0 Å². The molecule has 0 saturated carbocycles. The van der Waals surface area contributed by atoms with Gasteiger partial charge in [-0.15, -0.1) is 11.8 Å². The predicted octanol–water partition coefficient (Wildman–Crippen LogP) is 4.19. The molecule has 0 saturated heterocycles. The first-order valence-electron chi connectivity index (χ1n) is 8.05. The first kappa shape index (κ1) is 15.9. The number of nitrogens with one attached hydrogen (secondary N) is 1. The van der Waals surface area contributed by atoms with Crippen LogP contribution in [-0.2, 0) is 11.2 Å². The summed E-state index contributed by atoms with van der Waals surface area (Å²) in [4.78, 5) is 15.8.